The molecule has 100 valence electrons. The molecule has 0 spiro atoms. The van der Waals surface area contributed by atoms with E-state index in [-0.39, 0.29) is 17.9 Å². The van der Waals surface area contributed by atoms with Crippen molar-refractivity contribution in [3.05, 3.63) is 29.3 Å². The molecule has 1 aromatic rings. The molecule has 1 rings (SSSR count). The molecule has 1 N–H and O–H groups in total. The van der Waals surface area contributed by atoms with Crippen LogP contribution in [0.25, 0.3) is 0 Å². The van der Waals surface area contributed by atoms with Gasteiger partial charge in [-0.15, -0.1) is 0 Å². The summed E-state index contributed by atoms with van der Waals surface area (Å²) in [7, 11) is 1.51. The number of anilines is 1. The fourth-order valence-corrected chi connectivity index (χ4v) is 1.62. The number of benzene rings is 1. The van der Waals surface area contributed by atoms with Crippen LogP contribution in [-0.4, -0.2) is 31.6 Å². The number of rotatable bonds is 5. The first-order chi connectivity index (χ1) is 8.40. The molecule has 0 aromatic heterocycles. The molecule has 0 unspecified atom stereocenters. The van der Waals surface area contributed by atoms with Gasteiger partial charge in [-0.25, -0.2) is 0 Å². The van der Waals surface area contributed by atoms with E-state index < -0.39 is 11.7 Å². The van der Waals surface area contributed by atoms with E-state index in [0.717, 1.165) is 6.07 Å². The lowest BCUT2D eigenvalue weighted by atomic mass is 10.1. The van der Waals surface area contributed by atoms with Gasteiger partial charge in [0.25, 0.3) is 0 Å². The van der Waals surface area contributed by atoms with Gasteiger partial charge in [0.05, 0.1) is 5.56 Å². The third-order valence-corrected chi connectivity index (χ3v) is 2.52. The molecule has 18 heavy (non-hydrogen) atoms. The summed E-state index contributed by atoms with van der Waals surface area (Å²) >= 11 is 0. The Labute approximate surface area is 103 Å². The number of carbonyl (C=O) groups excluding carboxylic acids is 1. The van der Waals surface area contributed by atoms with Crippen LogP contribution in [0.1, 0.15) is 22.3 Å². The minimum atomic E-state index is -4.51. The van der Waals surface area contributed by atoms with Crippen molar-refractivity contribution in [3.63, 3.8) is 0 Å². The highest BCUT2D eigenvalue weighted by molar-refractivity contribution is 5.77. The minimum absolute atomic E-state index is 0.00144. The molecule has 0 saturated carbocycles. The van der Waals surface area contributed by atoms with Gasteiger partial charge in [0.2, 0.25) is 0 Å². The number of alkyl halides is 3. The van der Waals surface area contributed by atoms with Gasteiger partial charge in [-0.05, 0) is 24.6 Å². The topological polar surface area (TPSA) is 40.5 Å². The van der Waals surface area contributed by atoms with Crippen LogP contribution < -0.4 is 4.90 Å². The lowest BCUT2D eigenvalue weighted by molar-refractivity contribution is -0.137. The predicted octanol–water partition coefficient (Wildman–Crippen LogP) is 2.34. The van der Waals surface area contributed by atoms with Crippen molar-refractivity contribution in [2.24, 2.45) is 0 Å². The second-order valence-electron chi connectivity index (χ2n) is 3.89. The van der Waals surface area contributed by atoms with E-state index in [1.54, 1.807) is 0 Å². The monoisotopic (exact) mass is 261 g/mol. The Hall–Kier alpha value is -1.56. The van der Waals surface area contributed by atoms with Gasteiger partial charge < -0.3 is 10.0 Å². The SMILES string of the molecule is CN(CCCO)c1ccc(C=O)cc1C(F)(F)F. The molecule has 1 aromatic carbocycles. The van der Waals surface area contributed by atoms with Crippen LogP contribution >= 0.6 is 0 Å². The van der Waals surface area contributed by atoms with Gasteiger partial charge in [-0.2, -0.15) is 13.2 Å². The Bertz CT molecular complexity index is 418. The summed E-state index contributed by atoms with van der Waals surface area (Å²) in [6, 6.07) is 3.44. The maximum Gasteiger partial charge on any atom is 0.418 e. The summed E-state index contributed by atoms with van der Waals surface area (Å²) in [6.45, 7) is 0.220. The Morgan fingerprint density at radius 1 is 1.39 bits per heavy atom. The van der Waals surface area contributed by atoms with E-state index in [4.69, 9.17) is 5.11 Å². The van der Waals surface area contributed by atoms with Crippen LogP contribution in [0.4, 0.5) is 18.9 Å². The highest BCUT2D eigenvalue weighted by atomic mass is 19.4. The number of aldehydes is 1. The lowest BCUT2D eigenvalue weighted by Crippen LogP contribution is -2.23. The van der Waals surface area contributed by atoms with E-state index in [1.807, 2.05) is 0 Å². The summed E-state index contributed by atoms with van der Waals surface area (Å²) in [5, 5.41) is 8.68. The lowest BCUT2D eigenvalue weighted by Gasteiger charge is -2.23. The van der Waals surface area contributed by atoms with Crippen molar-refractivity contribution in [2.75, 3.05) is 25.1 Å². The molecule has 3 nitrogen and oxygen atoms in total. The normalized spacial score (nSPS) is 11.4. The van der Waals surface area contributed by atoms with Gasteiger partial charge >= 0.3 is 6.18 Å². The zero-order valence-electron chi connectivity index (χ0n) is 9.87. The molecule has 0 saturated heterocycles. The van der Waals surface area contributed by atoms with Crippen molar-refractivity contribution in [3.8, 4) is 0 Å². The standard InChI is InChI=1S/C12H14F3NO2/c1-16(5-2-6-17)11-4-3-9(8-18)7-10(11)12(13,14)15/h3-4,7-8,17H,2,5-6H2,1H3. The summed E-state index contributed by atoms with van der Waals surface area (Å²) in [6.07, 6.45) is -3.75. The molecule has 0 aliphatic carbocycles. The van der Waals surface area contributed by atoms with Gasteiger partial charge in [-0.3, -0.25) is 4.79 Å². The third kappa shape index (κ3) is 3.46. The number of hydrogen-bond donors (Lipinski definition) is 1. The molecule has 0 radical (unpaired) electrons. The Morgan fingerprint density at radius 2 is 2.06 bits per heavy atom. The highest BCUT2D eigenvalue weighted by Gasteiger charge is 2.34. The fraction of sp³-hybridized carbons (Fsp3) is 0.417. The Balaban J connectivity index is 3.13. The zero-order valence-corrected chi connectivity index (χ0v) is 9.87. The summed E-state index contributed by atoms with van der Waals surface area (Å²) in [4.78, 5) is 11.9. The van der Waals surface area contributed by atoms with Gasteiger partial charge in [0.1, 0.15) is 6.29 Å². The molecule has 6 heteroatoms. The highest BCUT2D eigenvalue weighted by Crippen LogP contribution is 2.36. The average molecular weight is 261 g/mol. The summed E-state index contributed by atoms with van der Waals surface area (Å²) in [5.41, 5.74) is -0.851. The number of halogens is 3. The fourth-order valence-electron chi connectivity index (χ4n) is 1.62. The number of nitrogens with zero attached hydrogens (tertiary/aromatic N) is 1. The van der Waals surface area contributed by atoms with Gasteiger partial charge in [0.15, 0.2) is 0 Å². The van der Waals surface area contributed by atoms with Crippen LogP contribution in [0.15, 0.2) is 18.2 Å². The van der Waals surface area contributed by atoms with E-state index in [2.05, 4.69) is 0 Å². The first-order valence-corrected chi connectivity index (χ1v) is 5.38. The van der Waals surface area contributed by atoms with E-state index in [1.165, 1.54) is 24.1 Å². The molecule has 0 bridgehead atoms. The molecule has 0 atom stereocenters. The van der Waals surface area contributed by atoms with Crippen LogP contribution in [-0.2, 0) is 6.18 Å². The van der Waals surface area contributed by atoms with Crippen molar-refractivity contribution in [1.29, 1.82) is 0 Å². The molecule has 0 amide bonds. The van der Waals surface area contributed by atoms with E-state index >= 15 is 0 Å². The van der Waals surface area contributed by atoms with Crippen molar-refractivity contribution >= 4 is 12.0 Å². The minimum Gasteiger partial charge on any atom is -0.396 e. The van der Waals surface area contributed by atoms with Crippen LogP contribution in [0.3, 0.4) is 0 Å². The maximum absolute atomic E-state index is 12.9. The summed E-state index contributed by atoms with van der Waals surface area (Å²) < 4.78 is 38.6. The molecular weight excluding hydrogens is 247 g/mol. The number of aliphatic hydroxyl groups is 1. The molecule has 0 aliphatic heterocycles. The molecular formula is C12H14F3NO2. The number of carbonyl (C=O) groups is 1. The predicted molar refractivity (Wildman–Crippen MR) is 61.8 cm³/mol. The van der Waals surface area contributed by atoms with Gasteiger partial charge in [-0.1, -0.05) is 0 Å². The second-order valence-corrected chi connectivity index (χ2v) is 3.89. The largest absolute Gasteiger partial charge is 0.418 e. The average Bonchev–Trinajstić information content (AvgIpc) is 2.34. The van der Waals surface area contributed by atoms with Crippen molar-refractivity contribution in [2.45, 2.75) is 12.6 Å². The second kappa shape index (κ2) is 5.86. The molecule has 0 fully saturated rings. The quantitative estimate of drug-likeness (QED) is 0.827. The van der Waals surface area contributed by atoms with Crippen LogP contribution in [0, 0.1) is 0 Å². The first kappa shape index (κ1) is 14.5. The Morgan fingerprint density at radius 3 is 2.56 bits per heavy atom. The number of aliphatic hydroxyl groups excluding tert-OH is 1. The molecule has 0 heterocycles. The van der Waals surface area contributed by atoms with Gasteiger partial charge in [0, 0.05) is 31.5 Å². The first-order valence-electron chi connectivity index (χ1n) is 5.38. The van der Waals surface area contributed by atoms with Crippen LogP contribution in [0.2, 0.25) is 0 Å². The zero-order chi connectivity index (χ0) is 13.8. The van der Waals surface area contributed by atoms with Crippen LogP contribution in [0.5, 0.6) is 0 Å². The molecule has 0 aliphatic rings. The summed E-state index contributed by atoms with van der Waals surface area (Å²) in [5.74, 6) is 0. The van der Waals surface area contributed by atoms with E-state index in [9.17, 15) is 18.0 Å². The van der Waals surface area contributed by atoms with Crippen molar-refractivity contribution in [1.82, 2.24) is 0 Å². The van der Waals surface area contributed by atoms with E-state index in [0.29, 0.717) is 19.3 Å². The maximum atomic E-state index is 12.9. The number of hydrogen-bond acceptors (Lipinski definition) is 3. The van der Waals surface area contributed by atoms with Crippen molar-refractivity contribution < 1.29 is 23.1 Å². The Kier molecular flexibility index (Phi) is 4.72. The third-order valence-electron chi connectivity index (χ3n) is 2.52. The smallest absolute Gasteiger partial charge is 0.396 e.